The fourth-order valence-electron chi connectivity index (χ4n) is 2.15. The minimum atomic E-state index is 0.0984. The van der Waals surface area contributed by atoms with Crippen LogP contribution in [0.5, 0.6) is 11.5 Å². The number of benzene rings is 1. The van der Waals surface area contributed by atoms with Crippen LogP contribution in [-0.4, -0.2) is 19.0 Å². The molecule has 0 heterocycles. The van der Waals surface area contributed by atoms with Crippen LogP contribution in [0, 0.1) is 0 Å². The molecule has 0 spiro atoms. The van der Waals surface area contributed by atoms with E-state index in [1.165, 1.54) is 0 Å². The quantitative estimate of drug-likeness (QED) is 0.806. The summed E-state index contributed by atoms with van der Waals surface area (Å²) in [6.07, 6.45) is 2.61. The Hall–Kier alpha value is -1.51. The first kappa shape index (κ1) is 12.0. The Kier molecular flexibility index (Phi) is 3.36. The van der Waals surface area contributed by atoms with Gasteiger partial charge in [0.2, 0.25) is 0 Å². The third-order valence-electron chi connectivity index (χ3n) is 2.90. The zero-order valence-electron chi connectivity index (χ0n) is 10.6. The molecule has 1 aromatic carbocycles. The van der Waals surface area contributed by atoms with E-state index in [0.29, 0.717) is 12.2 Å². The van der Waals surface area contributed by atoms with Crippen molar-refractivity contribution in [3.05, 3.63) is 23.3 Å². The lowest BCUT2D eigenvalue weighted by Crippen LogP contribution is -2.13. The highest BCUT2D eigenvalue weighted by atomic mass is 16.5. The first-order chi connectivity index (χ1) is 8.11. The molecule has 0 saturated carbocycles. The fourth-order valence-corrected chi connectivity index (χ4v) is 2.15. The van der Waals surface area contributed by atoms with Crippen molar-refractivity contribution in [2.75, 3.05) is 7.11 Å². The summed E-state index contributed by atoms with van der Waals surface area (Å²) < 4.78 is 11.0. The number of Topliss-reactive ketones (excluding diaryl/α,β-unsaturated/α-hetero) is 1. The first-order valence-corrected chi connectivity index (χ1v) is 6.02. The molecular formula is C14H18O3. The zero-order valence-corrected chi connectivity index (χ0v) is 10.6. The van der Waals surface area contributed by atoms with Crippen molar-refractivity contribution in [3.63, 3.8) is 0 Å². The monoisotopic (exact) mass is 234 g/mol. The summed E-state index contributed by atoms with van der Waals surface area (Å²) in [5, 5.41) is 0. The van der Waals surface area contributed by atoms with E-state index in [1.54, 1.807) is 7.11 Å². The van der Waals surface area contributed by atoms with Gasteiger partial charge in [0.25, 0.3) is 0 Å². The minimum absolute atomic E-state index is 0.0984. The number of methoxy groups -OCH3 is 1. The van der Waals surface area contributed by atoms with Gasteiger partial charge in [0.1, 0.15) is 0 Å². The van der Waals surface area contributed by atoms with Crippen molar-refractivity contribution >= 4 is 5.78 Å². The predicted molar refractivity (Wildman–Crippen MR) is 66.0 cm³/mol. The Morgan fingerprint density at radius 2 is 1.94 bits per heavy atom. The Balaban J connectivity index is 2.44. The first-order valence-electron chi connectivity index (χ1n) is 6.02. The van der Waals surface area contributed by atoms with Crippen LogP contribution in [0.4, 0.5) is 0 Å². The number of hydrogen-bond acceptors (Lipinski definition) is 3. The average molecular weight is 234 g/mol. The maximum atomic E-state index is 11.8. The third-order valence-corrected chi connectivity index (χ3v) is 2.90. The van der Waals surface area contributed by atoms with Gasteiger partial charge < -0.3 is 9.47 Å². The smallest absolute Gasteiger partial charge is 0.163 e. The molecule has 0 unspecified atom stereocenters. The van der Waals surface area contributed by atoms with Crippen LogP contribution in [0.3, 0.4) is 0 Å². The lowest BCUT2D eigenvalue weighted by molar-refractivity contribution is 0.0972. The maximum Gasteiger partial charge on any atom is 0.163 e. The van der Waals surface area contributed by atoms with E-state index in [4.69, 9.17) is 9.47 Å². The Bertz CT molecular complexity index is 435. The van der Waals surface area contributed by atoms with E-state index in [9.17, 15) is 4.79 Å². The van der Waals surface area contributed by atoms with Gasteiger partial charge in [-0.3, -0.25) is 4.79 Å². The van der Waals surface area contributed by atoms with E-state index >= 15 is 0 Å². The van der Waals surface area contributed by atoms with Gasteiger partial charge in [-0.25, -0.2) is 0 Å². The highest BCUT2D eigenvalue weighted by Gasteiger charge is 2.20. The number of ether oxygens (including phenoxy) is 2. The number of hydrogen-bond donors (Lipinski definition) is 0. The molecule has 0 fully saturated rings. The molecule has 0 atom stereocenters. The van der Waals surface area contributed by atoms with Crippen LogP contribution >= 0.6 is 0 Å². The average Bonchev–Trinajstić information content (AvgIpc) is 2.28. The van der Waals surface area contributed by atoms with Crippen molar-refractivity contribution in [2.45, 2.75) is 39.2 Å². The molecule has 17 heavy (non-hydrogen) atoms. The molecule has 0 amide bonds. The molecule has 3 nitrogen and oxygen atoms in total. The van der Waals surface area contributed by atoms with Crippen molar-refractivity contribution in [2.24, 2.45) is 0 Å². The van der Waals surface area contributed by atoms with Gasteiger partial charge in [0, 0.05) is 12.0 Å². The van der Waals surface area contributed by atoms with Gasteiger partial charge in [0.15, 0.2) is 17.3 Å². The van der Waals surface area contributed by atoms with Gasteiger partial charge in [-0.05, 0) is 44.4 Å². The Labute approximate surface area is 102 Å². The van der Waals surface area contributed by atoms with Crippen molar-refractivity contribution in [1.29, 1.82) is 0 Å². The molecule has 2 rings (SSSR count). The summed E-state index contributed by atoms with van der Waals surface area (Å²) >= 11 is 0. The number of rotatable bonds is 3. The van der Waals surface area contributed by atoms with Crippen molar-refractivity contribution in [3.8, 4) is 11.5 Å². The maximum absolute atomic E-state index is 11.8. The summed E-state index contributed by atoms with van der Waals surface area (Å²) in [5.41, 5.74) is 1.88. The van der Waals surface area contributed by atoms with Gasteiger partial charge in [-0.1, -0.05) is 0 Å². The van der Waals surface area contributed by atoms with E-state index < -0.39 is 0 Å². The molecule has 1 aliphatic carbocycles. The SMILES string of the molecule is COc1cc2c(cc1OC(C)C)CCCC2=O. The van der Waals surface area contributed by atoms with Gasteiger partial charge in [-0.2, -0.15) is 0 Å². The molecule has 1 aromatic rings. The Morgan fingerprint density at radius 1 is 1.18 bits per heavy atom. The van der Waals surface area contributed by atoms with Crippen LogP contribution in [0.25, 0.3) is 0 Å². The summed E-state index contributed by atoms with van der Waals surface area (Å²) in [5.74, 6) is 1.59. The van der Waals surface area contributed by atoms with Gasteiger partial charge >= 0.3 is 0 Å². The van der Waals surface area contributed by atoms with E-state index in [0.717, 1.165) is 29.7 Å². The second kappa shape index (κ2) is 4.78. The number of carbonyl (C=O) groups excluding carboxylic acids is 1. The second-order valence-corrected chi connectivity index (χ2v) is 4.60. The number of carbonyl (C=O) groups is 1. The van der Waals surface area contributed by atoms with Gasteiger partial charge in [0.05, 0.1) is 13.2 Å². The highest BCUT2D eigenvalue weighted by molar-refractivity contribution is 5.99. The molecule has 0 N–H and O–H groups in total. The predicted octanol–water partition coefficient (Wildman–Crippen LogP) is 3.00. The third kappa shape index (κ3) is 2.43. The molecule has 0 aliphatic heterocycles. The normalized spacial score (nSPS) is 14.7. The molecular weight excluding hydrogens is 216 g/mol. The molecule has 92 valence electrons. The van der Waals surface area contributed by atoms with Crippen molar-refractivity contribution in [1.82, 2.24) is 0 Å². The number of aryl methyl sites for hydroxylation is 1. The van der Waals surface area contributed by atoms with Gasteiger partial charge in [-0.15, -0.1) is 0 Å². The minimum Gasteiger partial charge on any atom is -0.493 e. The number of ketones is 1. The Morgan fingerprint density at radius 3 is 2.59 bits per heavy atom. The lowest BCUT2D eigenvalue weighted by Gasteiger charge is -2.19. The van der Waals surface area contributed by atoms with Crippen LogP contribution in [0.1, 0.15) is 42.6 Å². The van der Waals surface area contributed by atoms with Crippen LogP contribution in [0.15, 0.2) is 12.1 Å². The van der Waals surface area contributed by atoms with E-state index in [1.807, 2.05) is 26.0 Å². The molecule has 0 radical (unpaired) electrons. The van der Waals surface area contributed by atoms with Crippen LogP contribution in [0.2, 0.25) is 0 Å². The molecule has 0 bridgehead atoms. The summed E-state index contributed by atoms with van der Waals surface area (Å²) in [6.45, 7) is 3.95. The molecule has 1 aliphatic rings. The molecule has 3 heteroatoms. The summed E-state index contributed by atoms with van der Waals surface area (Å²) in [6, 6.07) is 3.76. The van der Waals surface area contributed by atoms with E-state index in [2.05, 4.69) is 0 Å². The summed E-state index contributed by atoms with van der Waals surface area (Å²) in [7, 11) is 1.60. The van der Waals surface area contributed by atoms with Crippen LogP contribution < -0.4 is 9.47 Å². The number of fused-ring (bicyclic) bond motifs is 1. The summed E-state index contributed by atoms with van der Waals surface area (Å²) in [4.78, 5) is 11.8. The van der Waals surface area contributed by atoms with Crippen LogP contribution in [-0.2, 0) is 6.42 Å². The fraction of sp³-hybridized carbons (Fsp3) is 0.500. The largest absolute Gasteiger partial charge is 0.493 e. The lowest BCUT2D eigenvalue weighted by atomic mass is 9.90. The van der Waals surface area contributed by atoms with Crippen molar-refractivity contribution < 1.29 is 14.3 Å². The standard InChI is InChI=1S/C14H18O3/c1-9(2)17-14-7-10-5-4-6-12(15)11(10)8-13(14)16-3/h7-9H,4-6H2,1-3H3. The highest BCUT2D eigenvalue weighted by Crippen LogP contribution is 2.34. The second-order valence-electron chi connectivity index (χ2n) is 4.60. The molecule has 0 saturated heterocycles. The molecule has 0 aromatic heterocycles. The zero-order chi connectivity index (χ0) is 12.4. The van der Waals surface area contributed by atoms with E-state index in [-0.39, 0.29) is 11.9 Å². The topological polar surface area (TPSA) is 35.5 Å².